The first-order chi connectivity index (χ1) is 10.9. The van der Waals surface area contributed by atoms with Gasteiger partial charge in [0.05, 0.1) is 13.2 Å². The molecule has 0 radical (unpaired) electrons. The number of carbonyl (C=O) groups excluding carboxylic acids is 1. The van der Waals surface area contributed by atoms with E-state index in [2.05, 4.69) is 0 Å². The molecule has 1 amide bonds. The molecule has 0 aromatic heterocycles. The van der Waals surface area contributed by atoms with Gasteiger partial charge in [-0.25, -0.2) is 4.79 Å². The summed E-state index contributed by atoms with van der Waals surface area (Å²) in [6, 6.07) is 5.53. The van der Waals surface area contributed by atoms with Gasteiger partial charge in [-0.15, -0.1) is 0 Å². The van der Waals surface area contributed by atoms with Crippen LogP contribution in [-0.4, -0.2) is 61.1 Å². The molecule has 1 aliphatic rings. The number of fused-ring (bicyclic) bond motifs is 1. The van der Waals surface area contributed by atoms with Crippen LogP contribution >= 0.6 is 0 Å². The van der Waals surface area contributed by atoms with Crippen LogP contribution in [0, 0.1) is 0 Å². The maximum absolute atomic E-state index is 12.4. The van der Waals surface area contributed by atoms with Crippen LogP contribution in [-0.2, 0) is 11.2 Å². The third-order valence-corrected chi connectivity index (χ3v) is 3.79. The van der Waals surface area contributed by atoms with Gasteiger partial charge in [-0.1, -0.05) is 18.2 Å². The molecule has 0 saturated carbocycles. The van der Waals surface area contributed by atoms with Crippen molar-refractivity contribution < 1.29 is 19.4 Å². The van der Waals surface area contributed by atoms with Crippen molar-refractivity contribution in [3.63, 3.8) is 0 Å². The zero-order chi connectivity index (χ0) is 17.0. The summed E-state index contributed by atoms with van der Waals surface area (Å²) in [6.07, 6.45) is 2.58. The van der Waals surface area contributed by atoms with Gasteiger partial charge in [-0.2, -0.15) is 0 Å². The summed E-state index contributed by atoms with van der Waals surface area (Å²) in [7, 11) is 5.22. The number of likely N-dealkylation sites (N-methyl/N-ethyl adjacent to an activating group) is 1. The van der Waals surface area contributed by atoms with Crippen LogP contribution in [0.15, 0.2) is 30.5 Å². The first kappa shape index (κ1) is 17.0. The number of benzene rings is 1. The average Bonchev–Trinajstić information content (AvgIpc) is 2.52. The maximum atomic E-state index is 12.4. The molecular formula is C17H22N2O4. The van der Waals surface area contributed by atoms with Crippen molar-refractivity contribution in [1.82, 2.24) is 9.80 Å². The average molecular weight is 318 g/mol. The third kappa shape index (κ3) is 4.10. The Balaban J connectivity index is 2.29. The molecule has 1 aliphatic heterocycles. The molecule has 0 spiro atoms. The van der Waals surface area contributed by atoms with Crippen LogP contribution in [0.1, 0.15) is 27.6 Å². The molecule has 0 bridgehead atoms. The Morgan fingerprint density at radius 3 is 2.74 bits per heavy atom. The van der Waals surface area contributed by atoms with Gasteiger partial charge in [0.25, 0.3) is 0 Å². The minimum absolute atomic E-state index is 0.0530. The SMILES string of the molecule is CN(C)/C=C/C(=O)c1cccc2c1CCOC2CN(C)C(=O)O. The van der Waals surface area contributed by atoms with E-state index in [4.69, 9.17) is 9.84 Å². The van der Waals surface area contributed by atoms with Gasteiger partial charge in [-0.05, 0) is 17.5 Å². The highest BCUT2D eigenvalue weighted by molar-refractivity contribution is 6.05. The van der Waals surface area contributed by atoms with Gasteiger partial charge >= 0.3 is 6.09 Å². The van der Waals surface area contributed by atoms with Crippen molar-refractivity contribution >= 4 is 11.9 Å². The largest absolute Gasteiger partial charge is 0.465 e. The standard InChI is InChI=1S/C17H22N2O4/c1-18(2)9-7-15(20)13-5-4-6-14-12(13)8-10-23-16(14)11-19(3)17(21)22/h4-7,9,16H,8,10-11H2,1-3H3,(H,21,22)/b9-7+. The third-order valence-electron chi connectivity index (χ3n) is 3.79. The summed E-state index contributed by atoms with van der Waals surface area (Å²) in [5.74, 6) is -0.0530. The predicted octanol–water partition coefficient (Wildman–Crippen LogP) is 2.17. The Morgan fingerprint density at radius 1 is 1.35 bits per heavy atom. The lowest BCUT2D eigenvalue weighted by Crippen LogP contribution is -2.33. The summed E-state index contributed by atoms with van der Waals surface area (Å²) in [5.41, 5.74) is 2.51. The van der Waals surface area contributed by atoms with E-state index in [0.29, 0.717) is 18.6 Å². The highest BCUT2D eigenvalue weighted by atomic mass is 16.5. The number of carbonyl (C=O) groups is 2. The van der Waals surface area contributed by atoms with Crippen LogP contribution in [0.4, 0.5) is 4.79 Å². The monoisotopic (exact) mass is 318 g/mol. The molecule has 1 atom stereocenters. The highest BCUT2D eigenvalue weighted by Gasteiger charge is 2.26. The molecule has 1 unspecified atom stereocenters. The fourth-order valence-electron chi connectivity index (χ4n) is 2.59. The molecule has 23 heavy (non-hydrogen) atoms. The van der Waals surface area contributed by atoms with Gasteiger partial charge in [-0.3, -0.25) is 4.79 Å². The number of ether oxygens (including phenoxy) is 1. The zero-order valence-corrected chi connectivity index (χ0v) is 13.7. The van der Waals surface area contributed by atoms with Crippen LogP contribution in [0.2, 0.25) is 0 Å². The second-order valence-electron chi connectivity index (χ2n) is 5.79. The van der Waals surface area contributed by atoms with Crippen LogP contribution in [0.25, 0.3) is 0 Å². The molecule has 6 heteroatoms. The predicted molar refractivity (Wildman–Crippen MR) is 86.7 cm³/mol. The molecule has 1 N–H and O–H groups in total. The fourth-order valence-corrected chi connectivity index (χ4v) is 2.59. The first-order valence-corrected chi connectivity index (χ1v) is 7.46. The molecular weight excluding hydrogens is 296 g/mol. The lowest BCUT2D eigenvalue weighted by Gasteiger charge is -2.29. The van der Waals surface area contributed by atoms with E-state index in [1.807, 2.05) is 32.3 Å². The van der Waals surface area contributed by atoms with Crippen molar-refractivity contribution in [3.05, 3.63) is 47.2 Å². The van der Waals surface area contributed by atoms with Crippen molar-refractivity contribution in [2.45, 2.75) is 12.5 Å². The number of ketones is 1. The molecule has 0 saturated heterocycles. The van der Waals surface area contributed by atoms with Crippen molar-refractivity contribution in [2.75, 3.05) is 34.3 Å². The van der Waals surface area contributed by atoms with E-state index in [0.717, 1.165) is 11.1 Å². The maximum Gasteiger partial charge on any atom is 0.407 e. The second-order valence-corrected chi connectivity index (χ2v) is 5.79. The number of hydrogen-bond acceptors (Lipinski definition) is 4. The minimum Gasteiger partial charge on any atom is -0.465 e. The normalized spacial score (nSPS) is 16.9. The van der Waals surface area contributed by atoms with Crippen molar-refractivity contribution in [2.24, 2.45) is 0 Å². The molecule has 1 heterocycles. The molecule has 6 nitrogen and oxygen atoms in total. The Bertz CT molecular complexity index is 625. The van der Waals surface area contributed by atoms with E-state index in [1.54, 1.807) is 17.2 Å². The summed E-state index contributed by atoms with van der Waals surface area (Å²) in [6.45, 7) is 0.723. The van der Waals surface area contributed by atoms with Gasteiger partial charge < -0.3 is 19.6 Å². The van der Waals surface area contributed by atoms with Gasteiger partial charge in [0.1, 0.15) is 6.10 Å². The van der Waals surface area contributed by atoms with E-state index < -0.39 is 6.09 Å². The fraction of sp³-hybridized carbons (Fsp3) is 0.412. The van der Waals surface area contributed by atoms with Crippen LogP contribution < -0.4 is 0 Å². The summed E-state index contributed by atoms with van der Waals surface area (Å²) in [4.78, 5) is 26.4. The number of amides is 1. The number of carboxylic acid groups (broad SMARTS) is 1. The van der Waals surface area contributed by atoms with Crippen molar-refractivity contribution in [3.8, 4) is 0 Å². The molecule has 0 fully saturated rings. The lowest BCUT2D eigenvalue weighted by molar-refractivity contribution is 0.0222. The van der Waals surface area contributed by atoms with E-state index in [1.165, 1.54) is 11.9 Å². The van der Waals surface area contributed by atoms with E-state index in [9.17, 15) is 9.59 Å². The summed E-state index contributed by atoms with van der Waals surface area (Å²) in [5, 5.41) is 9.03. The number of nitrogens with zero attached hydrogens (tertiary/aromatic N) is 2. The summed E-state index contributed by atoms with van der Waals surface area (Å²) >= 11 is 0. The molecule has 1 aromatic rings. The summed E-state index contributed by atoms with van der Waals surface area (Å²) < 4.78 is 5.72. The van der Waals surface area contributed by atoms with E-state index >= 15 is 0 Å². The zero-order valence-electron chi connectivity index (χ0n) is 13.7. The van der Waals surface area contributed by atoms with Crippen LogP contribution in [0.3, 0.4) is 0 Å². The molecule has 0 aliphatic carbocycles. The van der Waals surface area contributed by atoms with E-state index in [-0.39, 0.29) is 18.4 Å². The molecule has 2 rings (SSSR count). The Labute approximate surface area is 136 Å². The van der Waals surface area contributed by atoms with Gasteiger partial charge in [0.15, 0.2) is 5.78 Å². The Morgan fingerprint density at radius 2 is 2.09 bits per heavy atom. The highest BCUT2D eigenvalue weighted by Crippen LogP contribution is 2.30. The molecule has 124 valence electrons. The molecule has 1 aromatic carbocycles. The first-order valence-electron chi connectivity index (χ1n) is 7.46. The Kier molecular flexibility index (Phi) is 5.39. The number of hydrogen-bond donors (Lipinski definition) is 1. The smallest absolute Gasteiger partial charge is 0.407 e. The van der Waals surface area contributed by atoms with Gasteiger partial charge in [0, 0.05) is 39.0 Å². The number of rotatable bonds is 5. The Hall–Kier alpha value is -2.34. The van der Waals surface area contributed by atoms with Crippen LogP contribution in [0.5, 0.6) is 0 Å². The van der Waals surface area contributed by atoms with Gasteiger partial charge in [0.2, 0.25) is 0 Å². The second kappa shape index (κ2) is 7.28. The van der Waals surface area contributed by atoms with Crippen molar-refractivity contribution in [1.29, 1.82) is 0 Å². The minimum atomic E-state index is -0.998. The lowest BCUT2D eigenvalue weighted by atomic mass is 9.91. The quantitative estimate of drug-likeness (QED) is 0.665. The number of allylic oxidation sites excluding steroid dienone is 1. The topological polar surface area (TPSA) is 70.1 Å².